The van der Waals surface area contributed by atoms with Crippen LogP contribution in [0.3, 0.4) is 0 Å². The van der Waals surface area contributed by atoms with Gasteiger partial charge in [-0.3, -0.25) is 9.00 Å². The summed E-state index contributed by atoms with van der Waals surface area (Å²) >= 11 is 0. The highest BCUT2D eigenvalue weighted by atomic mass is 32.2. The number of carbonyl (C=O) groups is 1. The lowest BCUT2D eigenvalue weighted by atomic mass is 9.86. The van der Waals surface area contributed by atoms with E-state index in [1.165, 1.54) is 18.7 Å². The summed E-state index contributed by atoms with van der Waals surface area (Å²) in [6.07, 6.45) is 4.60. The molecule has 2 fully saturated rings. The Bertz CT molecular complexity index is 1380. The molecule has 3 heterocycles. The third kappa shape index (κ3) is 9.92. The molecular weight excluding hydrogens is 577 g/mol. The van der Waals surface area contributed by atoms with Crippen molar-refractivity contribution in [2.75, 3.05) is 36.0 Å². The summed E-state index contributed by atoms with van der Waals surface area (Å²) in [4.78, 5) is 17.6. The van der Waals surface area contributed by atoms with Gasteiger partial charge in [-0.15, -0.1) is 0 Å². The second-order valence-electron chi connectivity index (χ2n) is 10.5. The topological polar surface area (TPSA) is 104 Å². The maximum absolute atomic E-state index is 13.1. The van der Waals surface area contributed by atoms with Crippen LogP contribution < -0.4 is 10.2 Å². The van der Waals surface area contributed by atoms with Crippen molar-refractivity contribution in [3.8, 4) is 23.0 Å². The third-order valence-electron chi connectivity index (χ3n) is 7.01. The summed E-state index contributed by atoms with van der Waals surface area (Å²) in [6, 6.07) is 13.1. The van der Waals surface area contributed by atoms with E-state index in [-0.39, 0.29) is 25.2 Å². The molecule has 1 aliphatic carbocycles. The molecule has 232 valence electrons. The minimum Gasteiger partial charge on any atom is -0.370 e. The number of anilines is 1. The van der Waals surface area contributed by atoms with Crippen LogP contribution in [-0.4, -0.2) is 61.9 Å². The minimum absolute atomic E-state index is 0.110. The van der Waals surface area contributed by atoms with Gasteiger partial charge in [0.2, 0.25) is 11.8 Å². The molecule has 1 amide bonds. The van der Waals surface area contributed by atoms with Gasteiger partial charge < -0.3 is 10.2 Å². The fraction of sp³-hybridized carbons (Fsp3) is 0.484. The summed E-state index contributed by atoms with van der Waals surface area (Å²) in [5.74, 6) is -2.08. The van der Waals surface area contributed by atoms with Gasteiger partial charge in [-0.25, -0.2) is 22.8 Å². The average molecular weight is 617 g/mol. The highest BCUT2D eigenvalue weighted by Gasteiger charge is 2.38. The molecule has 43 heavy (non-hydrogen) atoms. The zero-order valence-electron chi connectivity index (χ0n) is 24.9. The Morgan fingerprint density at radius 1 is 1.14 bits per heavy atom. The van der Waals surface area contributed by atoms with E-state index in [2.05, 4.69) is 58.4 Å². The smallest absolute Gasteiger partial charge is 0.248 e. The van der Waals surface area contributed by atoms with Crippen LogP contribution >= 0.6 is 0 Å². The first kappa shape index (κ1) is 33.8. The van der Waals surface area contributed by atoms with Crippen LogP contribution in [0.1, 0.15) is 51.6 Å². The Kier molecular flexibility index (Phi) is 12.7. The van der Waals surface area contributed by atoms with Gasteiger partial charge in [0.1, 0.15) is 12.4 Å². The van der Waals surface area contributed by atoms with Crippen molar-refractivity contribution in [1.82, 2.24) is 20.1 Å². The fourth-order valence-corrected chi connectivity index (χ4v) is 5.88. The number of alkyl halides is 2. The summed E-state index contributed by atoms with van der Waals surface area (Å²) in [7, 11) is -0.671. The molecule has 1 unspecified atom stereocenters. The van der Waals surface area contributed by atoms with Crippen molar-refractivity contribution in [3.05, 3.63) is 60.3 Å². The molecule has 1 saturated carbocycles. The monoisotopic (exact) mass is 616 g/mol. The van der Waals surface area contributed by atoms with Crippen molar-refractivity contribution >= 4 is 22.4 Å². The minimum atomic E-state index is -2.72. The predicted octanol–water partition coefficient (Wildman–Crippen LogP) is 5.82. The number of benzene rings is 1. The van der Waals surface area contributed by atoms with E-state index in [0.29, 0.717) is 18.7 Å². The summed E-state index contributed by atoms with van der Waals surface area (Å²) < 4.78 is 52.1. The van der Waals surface area contributed by atoms with Crippen LogP contribution in [-0.2, 0) is 15.6 Å². The van der Waals surface area contributed by atoms with Crippen LogP contribution in [0.5, 0.6) is 0 Å². The predicted molar refractivity (Wildman–Crippen MR) is 163 cm³/mol. The Morgan fingerprint density at radius 2 is 1.81 bits per heavy atom. The highest BCUT2D eigenvalue weighted by molar-refractivity contribution is 7.85. The van der Waals surface area contributed by atoms with E-state index < -0.39 is 28.5 Å². The number of halogens is 3. The number of pyridine rings is 1. The second-order valence-corrected chi connectivity index (χ2v) is 12.2. The van der Waals surface area contributed by atoms with E-state index in [0.717, 1.165) is 47.1 Å². The van der Waals surface area contributed by atoms with Gasteiger partial charge in [-0.05, 0) is 49.6 Å². The normalized spacial score (nSPS) is 17.9. The summed E-state index contributed by atoms with van der Waals surface area (Å²) in [5.41, 5.74) is 4.18. The van der Waals surface area contributed by atoms with E-state index in [4.69, 9.17) is 5.26 Å². The fourth-order valence-electron chi connectivity index (χ4n) is 4.83. The number of nitriles is 1. The Balaban J connectivity index is 0.000000252. The van der Waals surface area contributed by atoms with E-state index in [9.17, 15) is 22.2 Å². The van der Waals surface area contributed by atoms with Crippen LogP contribution in [0.4, 0.5) is 18.9 Å². The van der Waals surface area contributed by atoms with Crippen molar-refractivity contribution < 1.29 is 22.2 Å². The molecule has 1 saturated heterocycles. The van der Waals surface area contributed by atoms with Gasteiger partial charge >= 0.3 is 0 Å². The molecule has 0 spiro atoms. The van der Waals surface area contributed by atoms with Crippen LogP contribution in [0.25, 0.3) is 16.9 Å². The third-order valence-corrected chi connectivity index (χ3v) is 8.29. The number of rotatable bonds is 5. The quantitative estimate of drug-likeness (QED) is 0.363. The first-order valence-corrected chi connectivity index (χ1v) is 16.0. The largest absolute Gasteiger partial charge is 0.370 e. The maximum atomic E-state index is 13.1. The molecule has 0 bridgehead atoms. The zero-order valence-corrected chi connectivity index (χ0v) is 25.7. The van der Waals surface area contributed by atoms with Crippen molar-refractivity contribution in [2.24, 2.45) is 5.92 Å². The number of hydrogen-bond acceptors (Lipinski definition) is 6. The van der Waals surface area contributed by atoms with Gasteiger partial charge in [0.15, 0.2) is 5.82 Å². The molecule has 1 aromatic carbocycles. The number of hydrogen-bond donors (Lipinski definition) is 1. The van der Waals surface area contributed by atoms with Crippen molar-refractivity contribution in [2.45, 2.75) is 58.8 Å². The van der Waals surface area contributed by atoms with Crippen LogP contribution in [0.2, 0.25) is 0 Å². The first-order valence-electron chi connectivity index (χ1n) is 14.5. The molecule has 1 N–H and O–H groups in total. The lowest BCUT2D eigenvalue weighted by Gasteiger charge is -2.28. The highest BCUT2D eigenvalue weighted by Crippen LogP contribution is 2.36. The molecule has 5 rings (SSSR count). The Hall–Kier alpha value is -3.72. The standard InChI is InChI=1S/C19H19FN4OS.C9H12F2N2O.C3H8/c1-14-18(13-22-24(14)19-7-4-16(20)12-21-19)15-2-5-17(6-3-15)23-8-10-26(25)11-9-23;10-9(11)3-1-2-7(6-9)8(14)13-5-4-12;1-3-2/h2-7,12-13H,8-11H2,1H3;7H,1-3,5-6H2,(H,13,14);3H2,1-2H3. The SMILES string of the molecule is CCC.Cc1c(-c2ccc(N3CCS(=O)CC3)cc2)cnn1-c1ccc(F)cn1.N#CCNC(=O)C1CCCC(F)(F)C1. The Labute approximate surface area is 253 Å². The Morgan fingerprint density at radius 3 is 2.40 bits per heavy atom. The van der Waals surface area contributed by atoms with Crippen LogP contribution in [0.15, 0.2) is 48.8 Å². The van der Waals surface area contributed by atoms with Gasteiger partial charge in [-0.1, -0.05) is 32.4 Å². The molecular formula is C31H39F3N6O2S. The van der Waals surface area contributed by atoms with Crippen molar-refractivity contribution in [3.63, 3.8) is 0 Å². The number of amides is 1. The van der Waals surface area contributed by atoms with Crippen molar-refractivity contribution in [1.29, 1.82) is 5.26 Å². The van der Waals surface area contributed by atoms with E-state index >= 15 is 0 Å². The van der Waals surface area contributed by atoms with Gasteiger partial charge in [0.05, 0.1) is 24.2 Å². The lowest BCUT2D eigenvalue weighted by Crippen LogP contribution is -2.37. The van der Waals surface area contributed by atoms with E-state index in [1.54, 1.807) is 23.0 Å². The molecule has 12 heteroatoms. The first-order chi connectivity index (χ1) is 20.6. The number of nitrogens with one attached hydrogen (secondary N) is 1. The van der Waals surface area contributed by atoms with Gasteiger partial charge in [0.25, 0.3) is 0 Å². The second kappa shape index (κ2) is 16.2. The molecule has 3 aromatic rings. The number of nitrogens with zero attached hydrogens (tertiary/aromatic N) is 5. The molecule has 8 nitrogen and oxygen atoms in total. The molecule has 2 aromatic heterocycles. The van der Waals surface area contributed by atoms with Crippen LogP contribution in [0, 0.1) is 30.0 Å². The molecule has 1 aliphatic heterocycles. The molecule has 0 radical (unpaired) electrons. The number of aromatic nitrogens is 3. The average Bonchev–Trinajstić information content (AvgIpc) is 3.38. The summed E-state index contributed by atoms with van der Waals surface area (Å²) in [6.45, 7) is 7.78. The zero-order chi connectivity index (χ0) is 31.4. The lowest BCUT2D eigenvalue weighted by molar-refractivity contribution is -0.131. The van der Waals surface area contributed by atoms with Gasteiger partial charge in [-0.2, -0.15) is 10.4 Å². The molecule has 2 aliphatic rings. The van der Waals surface area contributed by atoms with E-state index in [1.807, 2.05) is 6.92 Å². The maximum Gasteiger partial charge on any atom is 0.248 e. The summed E-state index contributed by atoms with van der Waals surface area (Å²) in [5, 5.41) is 14.9. The molecule has 1 atom stereocenters. The van der Waals surface area contributed by atoms with Gasteiger partial charge in [0, 0.05) is 65.4 Å². The number of carbonyl (C=O) groups excluding carboxylic acids is 1.